The first-order valence-corrected chi connectivity index (χ1v) is 10.6. The van der Waals surface area contributed by atoms with E-state index in [1.807, 2.05) is 36.4 Å². The van der Waals surface area contributed by atoms with Crippen LogP contribution in [0.5, 0.6) is 5.75 Å². The first-order valence-electron chi connectivity index (χ1n) is 7.42. The first kappa shape index (κ1) is 19.7. The Bertz CT molecular complexity index is 930. The zero-order valence-electron chi connectivity index (χ0n) is 13.5. The smallest absolute Gasteiger partial charge is 0.293 e. The van der Waals surface area contributed by atoms with Crippen LogP contribution in [0.25, 0.3) is 6.08 Å². The lowest BCUT2D eigenvalue weighted by molar-refractivity contribution is -0.123. The zero-order valence-corrected chi connectivity index (χ0v) is 19.0. The highest BCUT2D eigenvalue weighted by molar-refractivity contribution is 9.11. The number of thioether (sulfide) groups is 1. The lowest BCUT2D eigenvalue weighted by atomic mass is 10.1. The molecule has 0 spiro atoms. The molecule has 8 heteroatoms. The van der Waals surface area contributed by atoms with E-state index in [4.69, 9.17) is 4.74 Å². The van der Waals surface area contributed by atoms with Gasteiger partial charge in [0.05, 0.1) is 23.0 Å². The Balaban J connectivity index is 1.90. The molecule has 2 aromatic rings. The van der Waals surface area contributed by atoms with E-state index in [1.54, 1.807) is 13.2 Å². The van der Waals surface area contributed by atoms with Gasteiger partial charge in [-0.05, 0) is 63.6 Å². The third kappa shape index (κ3) is 4.24. The van der Waals surface area contributed by atoms with Gasteiger partial charge in [0.2, 0.25) is 0 Å². The summed E-state index contributed by atoms with van der Waals surface area (Å²) in [5.74, 6) is 0.296. The van der Waals surface area contributed by atoms with Crippen LogP contribution in [0, 0.1) is 0 Å². The molecule has 3 rings (SSSR count). The molecule has 1 aliphatic rings. The van der Waals surface area contributed by atoms with Crippen molar-refractivity contribution in [3.05, 3.63) is 65.8 Å². The van der Waals surface area contributed by atoms with Crippen LogP contribution < -0.4 is 4.74 Å². The molecule has 1 fully saturated rings. The second-order valence-electron chi connectivity index (χ2n) is 5.41. The molecule has 0 saturated carbocycles. The fourth-order valence-electron chi connectivity index (χ4n) is 2.50. The maximum Gasteiger partial charge on any atom is 0.293 e. The van der Waals surface area contributed by atoms with E-state index in [1.165, 1.54) is 4.90 Å². The number of carbonyl (C=O) groups excluding carboxylic acids is 2. The van der Waals surface area contributed by atoms with Gasteiger partial charge in [0, 0.05) is 14.5 Å². The molecule has 134 valence electrons. The highest BCUT2D eigenvalue weighted by Gasteiger charge is 2.35. The molecule has 0 N–H and O–H groups in total. The summed E-state index contributed by atoms with van der Waals surface area (Å²) >= 11 is 11.2. The third-order valence-corrected chi connectivity index (χ3v) is 6.08. The molecule has 0 radical (unpaired) electrons. The van der Waals surface area contributed by atoms with Crippen LogP contribution >= 0.6 is 59.6 Å². The molecule has 0 bridgehead atoms. The molecule has 26 heavy (non-hydrogen) atoms. The largest absolute Gasteiger partial charge is 0.495 e. The average molecular weight is 562 g/mol. The number of halogens is 3. The zero-order chi connectivity index (χ0) is 18.8. The molecule has 0 atom stereocenters. The van der Waals surface area contributed by atoms with Crippen molar-refractivity contribution < 1.29 is 14.3 Å². The molecule has 1 heterocycles. The van der Waals surface area contributed by atoms with Gasteiger partial charge in [-0.3, -0.25) is 14.5 Å². The standard InChI is InChI=1S/C18H12Br3NO3S/c1-25-16-11(6-13(20)8-14(16)21)7-15-17(23)22(18(24)26-15)9-10-3-2-4-12(19)5-10/h2-8H,9H2,1H3/b15-7+. The van der Waals surface area contributed by atoms with Gasteiger partial charge in [-0.15, -0.1) is 0 Å². The van der Waals surface area contributed by atoms with Crippen LogP contribution in [-0.4, -0.2) is 23.2 Å². The second-order valence-corrected chi connectivity index (χ2v) is 9.09. The number of hydrogen-bond acceptors (Lipinski definition) is 4. The summed E-state index contributed by atoms with van der Waals surface area (Å²) in [7, 11) is 1.56. The summed E-state index contributed by atoms with van der Waals surface area (Å²) in [6, 6.07) is 11.2. The molecule has 2 aromatic carbocycles. The maximum atomic E-state index is 12.7. The summed E-state index contributed by atoms with van der Waals surface area (Å²) in [5.41, 5.74) is 1.59. The van der Waals surface area contributed by atoms with Crippen molar-refractivity contribution in [1.29, 1.82) is 0 Å². The van der Waals surface area contributed by atoms with E-state index in [0.29, 0.717) is 16.2 Å². The summed E-state index contributed by atoms with van der Waals surface area (Å²) in [5, 5.41) is -0.283. The molecule has 1 aliphatic heterocycles. The number of hydrogen-bond donors (Lipinski definition) is 0. The van der Waals surface area contributed by atoms with Gasteiger partial charge >= 0.3 is 0 Å². The Kier molecular flexibility index (Phi) is 6.27. The number of benzene rings is 2. The fraction of sp³-hybridized carbons (Fsp3) is 0.111. The van der Waals surface area contributed by atoms with Gasteiger partial charge in [0.1, 0.15) is 5.75 Å². The summed E-state index contributed by atoms with van der Waals surface area (Å²) < 4.78 is 7.90. The van der Waals surface area contributed by atoms with E-state index in [2.05, 4.69) is 47.8 Å². The molecule has 2 amide bonds. The van der Waals surface area contributed by atoms with Crippen molar-refractivity contribution in [3.63, 3.8) is 0 Å². The Morgan fingerprint density at radius 3 is 2.58 bits per heavy atom. The molecule has 4 nitrogen and oxygen atoms in total. The highest BCUT2D eigenvalue weighted by atomic mass is 79.9. The second kappa shape index (κ2) is 8.29. The fourth-order valence-corrected chi connectivity index (χ4v) is 5.19. The number of rotatable bonds is 4. The Labute approximate surface area is 180 Å². The van der Waals surface area contributed by atoms with Crippen LogP contribution in [0.2, 0.25) is 0 Å². The van der Waals surface area contributed by atoms with Crippen LogP contribution in [0.15, 0.2) is 54.7 Å². The minimum absolute atomic E-state index is 0.237. The topological polar surface area (TPSA) is 46.6 Å². The molecular formula is C18H12Br3NO3S. The van der Waals surface area contributed by atoms with E-state index in [9.17, 15) is 9.59 Å². The van der Waals surface area contributed by atoms with Crippen molar-refractivity contribution in [2.24, 2.45) is 0 Å². The van der Waals surface area contributed by atoms with E-state index in [0.717, 1.165) is 30.7 Å². The predicted octanol–water partition coefficient (Wildman–Crippen LogP) is 6.22. The summed E-state index contributed by atoms with van der Waals surface area (Å²) in [6.07, 6.45) is 1.68. The number of nitrogens with zero attached hydrogens (tertiary/aromatic N) is 1. The Morgan fingerprint density at radius 2 is 1.88 bits per heavy atom. The SMILES string of the molecule is COc1c(Br)cc(Br)cc1/C=C1/SC(=O)N(Cc2cccc(Br)c2)C1=O. The Morgan fingerprint density at radius 1 is 1.12 bits per heavy atom. The monoisotopic (exact) mass is 559 g/mol. The lowest BCUT2D eigenvalue weighted by Gasteiger charge is -2.12. The van der Waals surface area contributed by atoms with Gasteiger partial charge in [-0.25, -0.2) is 0 Å². The quantitative estimate of drug-likeness (QED) is 0.416. The van der Waals surface area contributed by atoms with Gasteiger partial charge in [-0.2, -0.15) is 0 Å². The van der Waals surface area contributed by atoms with Crippen molar-refractivity contribution >= 4 is 76.8 Å². The molecule has 0 unspecified atom stereocenters. The van der Waals surface area contributed by atoms with Crippen LogP contribution in [0.3, 0.4) is 0 Å². The number of imide groups is 1. The van der Waals surface area contributed by atoms with E-state index >= 15 is 0 Å². The van der Waals surface area contributed by atoms with Crippen molar-refractivity contribution in [2.75, 3.05) is 7.11 Å². The van der Waals surface area contributed by atoms with E-state index < -0.39 is 0 Å². The number of ether oxygens (including phenoxy) is 1. The summed E-state index contributed by atoms with van der Waals surface area (Å²) in [4.78, 5) is 26.7. The van der Waals surface area contributed by atoms with Gasteiger partial charge in [0.25, 0.3) is 11.1 Å². The third-order valence-electron chi connectivity index (χ3n) is 3.63. The van der Waals surface area contributed by atoms with Crippen molar-refractivity contribution in [3.8, 4) is 5.75 Å². The minimum Gasteiger partial charge on any atom is -0.495 e. The molecule has 0 aromatic heterocycles. The Hall–Kier alpha value is -1.09. The number of methoxy groups -OCH3 is 1. The van der Waals surface area contributed by atoms with Crippen molar-refractivity contribution in [1.82, 2.24) is 4.90 Å². The number of amides is 2. The maximum absolute atomic E-state index is 12.7. The van der Waals surface area contributed by atoms with Crippen LogP contribution in [0.1, 0.15) is 11.1 Å². The molecule has 1 saturated heterocycles. The van der Waals surface area contributed by atoms with Crippen LogP contribution in [0.4, 0.5) is 4.79 Å². The van der Waals surface area contributed by atoms with Gasteiger partial charge < -0.3 is 4.74 Å². The van der Waals surface area contributed by atoms with Crippen molar-refractivity contribution in [2.45, 2.75) is 6.54 Å². The molecule has 0 aliphatic carbocycles. The van der Waals surface area contributed by atoms with Gasteiger partial charge in [0.15, 0.2) is 0 Å². The molecular weight excluding hydrogens is 550 g/mol. The predicted molar refractivity (Wildman–Crippen MR) is 114 cm³/mol. The highest BCUT2D eigenvalue weighted by Crippen LogP contribution is 2.38. The number of carbonyl (C=O) groups is 2. The normalized spacial score (nSPS) is 15.8. The van der Waals surface area contributed by atoms with Crippen LogP contribution in [-0.2, 0) is 11.3 Å². The first-order chi connectivity index (χ1) is 12.4. The van der Waals surface area contributed by atoms with Gasteiger partial charge in [-0.1, -0.05) is 44.0 Å². The summed E-state index contributed by atoms with van der Waals surface area (Å²) in [6.45, 7) is 0.237. The van der Waals surface area contributed by atoms with E-state index in [-0.39, 0.29) is 17.7 Å². The minimum atomic E-state index is -0.307. The lowest BCUT2D eigenvalue weighted by Crippen LogP contribution is -2.27. The average Bonchev–Trinajstić information content (AvgIpc) is 2.82.